The number of anilines is 1. The van der Waals surface area contributed by atoms with E-state index in [0.717, 1.165) is 37.8 Å². The van der Waals surface area contributed by atoms with Crippen LogP contribution in [-0.2, 0) is 14.4 Å². The number of carbonyl (C=O) groups excluding carboxylic acids is 3. The number of imide groups is 1. The first-order chi connectivity index (χ1) is 13.5. The second-order valence-corrected chi connectivity index (χ2v) is 9.37. The Morgan fingerprint density at radius 1 is 0.893 bits per heavy atom. The molecule has 148 valence electrons. The van der Waals surface area contributed by atoms with E-state index >= 15 is 0 Å². The lowest BCUT2D eigenvalue weighted by molar-refractivity contribution is -0.144. The smallest absolute Gasteiger partial charge is 0.233 e. The van der Waals surface area contributed by atoms with Gasteiger partial charge in [-0.1, -0.05) is 11.6 Å². The molecule has 5 nitrogen and oxygen atoms in total. The monoisotopic (exact) mass is 400 g/mol. The number of hydrogen-bond acceptors (Lipinski definition) is 3. The van der Waals surface area contributed by atoms with Crippen molar-refractivity contribution in [2.45, 2.75) is 51.0 Å². The Labute approximate surface area is 169 Å². The first-order valence-electron chi connectivity index (χ1n) is 10.5. The summed E-state index contributed by atoms with van der Waals surface area (Å²) >= 11 is 5.88. The van der Waals surface area contributed by atoms with Crippen molar-refractivity contribution in [1.29, 1.82) is 0 Å². The summed E-state index contributed by atoms with van der Waals surface area (Å²) in [6.07, 6.45) is 6.16. The van der Waals surface area contributed by atoms with E-state index in [1.807, 2.05) is 0 Å². The number of rotatable bonds is 3. The third-order valence-corrected chi connectivity index (χ3v) is 7.76. The van der Waals surface area contributed by atoms with Crippen LogP contribution in [0.25, 0.3) is 0 Å². The molecule has 1 N–H and O–H groups in total. The number of carbonyl (C=O) groups is 3. The average molecular weight is 401 g/mol. The molecular formula is C22H25ClN2O3. The first kappa shape index (κ1) is 18.2. The Morgan fingerprint density at radius 2 is 1.46 bits per heavy atom. The number of halogens is 1. The molecule has 1 aromatic rings. The molecular weight excluding hydrogens is 376 g/mol. The van der Waals surface area contributed by atoms with E-state index in [2.05, 4.69) is 5.32 Å². The van der Waals surface area contributed by atoms with Crippen molar-refractivity contribution in [1.82, 2.24) is 4.90 Å². The highest BCUT2D eigenvalue weighted by molar-refractivity contribution is 6.30. The van der Waals surface area contributed by atoms with Crippen molar-refractivity contribution in [3.05, 3.63) is 29.3 Å². The Kier molecular flexibility index (Phi) is 4.46. The minimum absolute atomic E-state index is 0.00904. The number of nitrogens with one attached hydrogen (secondary N) is 1. The number of benzene rings is 1. The number of hydrogen-bond donors (Lipinski definition) is 1. The molecule has 1 aromatic carbocycles. The fourth-order valence-corrected chi connectivity index (χ4v) is 6.29. The van der Waals surface area contributed by atoms with Gasteiger partial charge in [-0.2, -0.15) is 0 Å². The quantitative estimate of drug-likeness (QED) is 0.783. The van der Waals surface area contributed by atoms with E-state index in [-0.39, 0.29) is 41.5 Å². The molecule has 2 bridgehead atoms. The van der Waals surface area contributed by atoms with Crippen LogP contribution in [0.3, 0.4) is 0 Å². The van der Waals surface area contributed by atoms with Crippen LogP contribution in [0.1, 0.15) is 44.9 Å². The van der Waals surface area contributed by atoms with Crippen molar-refractivity contribution >= 4 is 35.0 Å². The van der Waals surface area contributed by atoms with Crippen LogP contribution in [0.4, 0.5) is 5.69 Å². The van der Waals surface area contributed by atoms with E-state index < -0.39 is 0 Å². The molecule has 3 aliphatic carbocycles. The van der Waals surface area contributed by atoms with E-state index in [9.17, 15) is 14.4 Å². The Hall–Kier alpha value is -1.88. The van der Waals surface area contributed by atoms with Gasteiger partial charge in [0, 0.05) is 22.7 Å². The molecule has 1 aliphatic heterocycles. The van der Waals surface area contributed by atoms with Crippen LogP contribution in [0, 0.1) is 29.6 Å². The van der Waals surface area contributed by atoms with E-state index in [0.29, 0.717) is 29.7 Å². The molecule has 3 amide bonds. The minimum atomic E-state index is -0.0737. The fraction of sp³-hybridized carbons (Fsp3) is 0.591. The minimum Gasteiger partial charge on any atom is -0.326 e. The SMILES string of the molecule is O=C(Nc1ccc(Cl)cc1)C1CCC(N2C(=O)[C@@H]3[C@@H]4CC[C@H](C4)[C@@H]3C2=O)CC1. The lowest BCUT2D eigenvalue weighted by atomic mass is 9.81. The maximum Gasteiger partial charge on any atom is 0.233 e. The molecule has 4 atom stereocenters. The molecule has 5 rings (SSSR count). The van der Waals surface area contributed by atoms with E-state index in [4.69, 9.17) is 11.6 Å². The van der Waals surface area contributed by atoms with Crippen LogP contribution in [0.2, 0.25) is 5.02 Å². The zero-order valence-corrected chi connectivity index (χ0v) is 16.5. The zero-order valence-electron chi connectivity index (χ0n) is 15.8. The predicted octanol–water partition coefficient (Wildman–Crippen LogP) is 3.87. The predicted molar refractivity (Wildman–Crippen MR) is 105 cm³/mol. The summed E-state index contributed by atoms with van der Waals surface area (Å²) < 4.78 is 0. The zero-order chi connectivity index (χ0) is 19.4. The summed E-state index contributed by atoms with van der Waals surface area (Å²) in [5.41, 5.74) is 0.740. The number of likely N-dealkylation sites (tertiary alicyclic amines) is 1. The average Bonchev–Trinajstić information content (AvgIpc) is 3.38. The Balaban J connectivity index is 1.20. The molecule has 6 heteroatoms. The van der Waals surface area contributed by atoms with Gasteiger partial charge in [0.25, 0.3) is 0 Å². The van der Waals surface area contributed by atoms with E-state index in [1.165, 1.54) is 0 Å². The third-order valence-electron chi connectivity index (χ3n) is 7.51. The van der Waals surface area contributed by atoms with Crippen molar-refractivity contribution in [2.24, 2.45) is 29.6 Å². The van der Waals surface area contributed by atoms with Gasteiger partial charge in [0.05, 0.1) is 11.8 Å². The number of nitrogens with zero attached hydrogens (tertiary/aromatic N) is 1. The van der Waals surface area contributed by atoms with Gasteiger partial charge in [0.2, 0.25) is 17.7 Å². The molecule has 1 heterocycles. The van der Waals surface area contributed by atoms with Gasteiger partial charge in [-0.3, -0.25) is 19.3 Å². The molecule has 0 unspecified atom stereocenters. The van der Waals surface area contributed by atoms with E-state index in [1.54, 1.807) is 29.2 Å². The van der Waals surface area contributed by atoms with Gasteiger partial charge < -0.3 is 5.32 Å². The van der Waals surface area contributed by atoms with Gasteiger partial charge >= 0.3 is 0 Å². The highest BCUT2D eigenvalue weighted by Gasteiger charge is 2.61. The highest BCUT2D eigenvalue weighted by Crippen LogP contribution is 2.56. The summed E-state index contributed by atoms with van der Waals surface area (Å²) in [5.74, 6) is 0.864. The summed E-state index contributed by atoms with van der Waals surface area (Å²) in [6.45, 7) is 0. The normalized spacial score (nSPS) is 36.7. The van der Waals surface area contributed by atoms with Gasteiger partial charge in [-0.15, -0.1) is 0 Å². The maximum atomic E-state index is 13.0. The molecule has 28 heavy (non-hydrogen) atoms. The van der Waals surface area contributed by atoms with Gasteiger partial charge in [0.15, 0.2) is 0 Å². The third kappa shape index (κ3) is 2.86. The van der Waals surface area contributed by atoms with Crippen LogP contribution >= 0.6 is 11.6 Å². The summed E-state index contributed by atoms with van der Waals surface area (Å²) in [4.78, 5) is 40.1. The van der Waals surface area contributed by atoms with Crippen molar-refractivity contribution in [2.75, 3.05) is 5.32 Å². The topological polar surface area (TPSA) is 66.5 Å². The first-order valence-corrected chi connectivity index (χ1v) is 10.8. The summed E-state index contributed by atoms with van der Waals surface area (Å²) in [6, 6.07) is 7.07. The molecule has 0 spiro atoms. The molecule has 0 radical (unpaired) electrons. The van der Waals surface area contributed by atoms with Crippen molar-refractivity contribution in [3.63, 3.8) is 0 Å². The molecule has 4 aliphatic rings. The number of fused-ring (bicyclic) bond motifs is 5. The van der Waals surface area contributed by atoms with Crippen LogP contribution in [0.15, 0.2) is 24.3 Å². The second kappa shape index (κ2) is 6.87. The van der Waals surface area contributed by atoms with Crippen LogP contribution in [0.5, 0.6) is 0 Å². The molecule has 3 saturated carbocycles. The summed E-state index contributed by atoms with van der Waals surface area (Å²) in [7, 11) is 0. The van der Waals surface area contributed by atoms with Crippen LogP contribution in [-0.4, -0.2) is 28.7 Å². The van der Waals surface area contributed by atoms with Crippen LogP contribution < -0.4 is 5.32 Å². The molecule has 1 saturated heterocycles. The fourth-order valence-electron chi connectivity index (χ4n) is 6.17. The second-order valence-electron chi connectivity index (χ2n) is 8.93. The molecule has 0 aromatic heterocycles. The Bertz CT molecular complexity index is 788. The van der Waals surface area contributed by atoms with Gasteiger partial charge in [-0.05, 0) is 81.0 Å². The lowest BCUT2D eigenvalue weighted by Crippen LogP contribution is -2.44. The maximum absolute atomic E-state index is 13.0. The summed E-state index contributed by atoms with van der Waals surface area (Å²) in [5, 5.41) is 3.58. The Morgan fingerprint density at radius 3 is 2.04 bits per heavy atom. The standard InChI is InChI=1S/C22H25ClN2O3/c23-15-5-7-16(8-6-15)24-20(26)12-3-9-17(10-4-12)25-21(27)18-13-1-2-14(11-13)19(18)22(25)28/h5-8,12-14,17-19H,1-4,9-11H2,(H,24,26)/t12?,13-,14-,17?,18-,19+/m1/s1. The largest absolute Gasteiger partial charge is 0.326 e. The van der Waals surface area contributed by atoms with Crippen molar-refractivity contribution < 1.29 is 14.4 Å². The molecule has 4 fully saturated rings. The van der Waals surface area contributed by atoms with Gasteiger partial charge in [0.1, 0.15) is 0 Å². The number of amides is 3. The lowest BCUT2D eigenvalue weighted by Gasteiger charge is -2.33. The van der Waals surface area contributed by atoms with Crippen molar-refractivity contribution in [3.8, 4) is 0 Å². The highest BCUT2D eigenvalue weighted by atomic mass is 35.5. The van der Waals surface area contributed by atoms with Gasteiger partial charge in [-0.25, -0.2) is 0 Å².